The van der Waals surface area contributed by atoms with E-state index in [1.54, 1.807) is 24.0 Å². The Morgan fingerprint density at radius 3 is 2.43 bits per heavy atom. The Bertz CT molecular complexity index is 819. The Morgan fingerprint density at radius 2 is 1.81 bits per heavy atom. The molecule has 3 rings (SSSR count). The Balaban J connectivity index is 2.26. The number of rotatable bonds is 2. The number of halogens is 2. The van der Waals surface area contributed by atoms with Crippen molar-refractivity contribution in [2.24, 2.45) is 7.05 Å². The number of methoxy groups -OCH3 is 1. The molecule has 21 heavy (non-hydrogen) atoms. The highest BCUT2D eigenvalue weighted by Gasteiger charge is 2.17. The molecule has 0 aliphatic carbocycles. The number of aryl methyl sites for hydroxylation is 2. The molecule has 0 spiro atoms. The van der Waals surface area contributed by atoms with E-state index in [0.717, 1.165) is 23.2 Å². The van der Waals surface area contributed by atoms with E-state index in [-0.39, 0.29) is 17.0 Å². The molecule has 0 N–H and O–H groups in total. The highest BCUT2D eigenvalue weighted by atomic mass is 19.1. The molecule has 0 aliphatic rings. The van der Waals surface area contributed by atoms with Gasteiger partial charge in [0.2, 0.25) is 0 Å². The van der Waals surface area contributed by atoms with Crippen molar-refractivity contribution in [3.8, 4) is 17.0 Å². The summed E-state index contributed by atoms with van der Waals surface area (Å²) in [5.41, 5.74) is 2.37. The first-order valence-corrected chi connectivity index (χ1v) is 6.34. The van der Waals surface area contributed by atoms with Gasteiger partial charge >= 0.3 is 0 Å². The number of pyridine rings is 1. The third-order valence-electron chi connectivity index (χ3n) is 3.39. The van der Waals surface area contributed by atoms with Crippen LogP contribution in [-0.2, 0) is 7.05 Å². The van der Waals surface area contributed by atoms with Crippen LogP contribution < -0.4 is 4.74 Å². The quantitative estimate of drug-likeness (QED) is 0.727. The van der Waals surface area contributed by atoms with Gasteiger partial charge < -0.3 is 4.74 Å². The van der Waals surface area contributed by atoms with Gasteiger partial charge in [0.15, 0.2) is 0 Å². The second kappa shape index (κ2) is 4.80. The molecule has 6 heteroatoms. The number of ether oxygens (including phenoxy) is 1. The van der Waals surface area contributed by atoms with Crippen LogP contribution in [0.2, 0.25) is 0 Å². The average Bonchev–Trinajstić information content (AvgIpc) is 2.80. The van der Waals surface area contributed by atoms with E-state index < -0.39 is 11.6 Å². The molecule has 0 saturated carbocycles. The molecular formula is C15H13F2N3O. The number of aromatic nitrogens is 3. The van der Waals surface area contributed by atoms with Crippen LogP contribution >= 0.6 is 0 Å². The standard InChI is InChI=1S/C15H13F2N3O/c1-8-4-12(19-13-7-18-20(2)15(8)13)14-10(16)5-9(21-3)6-11(14)17/h4-7H,1-3H3. The minimum absolute atomic E-state index is 0.132. The number of benzene rings is 1. The van der Waals surface area contributed by atoms with Gasteiger partial charge in [-0.25, -0.2) is 13.8 Å². The largest absolute Gasteiger partial charge is 0.497 e. The summed E-state index contributed by atoms with van der Waals surface area (Å²) >= 11 is 0. The van der Waals surface area contributed by atoms with E-state index in [1.807, 2.05) is 6.92 Å². The van der Waals surface area contributed by atoms with Gasteiger partial charge in [-0.05, 0) is 18.6 Å². The predicted octanol–water partition coefficient (Wildman–Crippen LogP) is 3.23. The molecule has 0 fully saturated rings. The van der Waals surface area contributed by atoms with Gasteiger partial charge in [-0.1, -0.05) is 0 Å². The van der Waals surface area contributed by atoms with Crippen molar-refractivity contribution in [2.45, 2.75) is 6.92 Å². The second-order valence-corrected chi connectivity index (χ2v) is 4.79. The van der Waals surface area contributed by atoms with Gasteiger partial charge in [-0.3, -0.25) is 4.68 Å². The minimum Gasteiger partial charge on any atom is -0.497 e. The van der Waals surface area contributed by atoms with E-state index >= 15 is 0 Å². The summed E-state index contributed by atoms with van der Waals surface area (Å²) in [7, 11) is 3.16. The molecule has 3 aromatic rings. The molecule has 1 aromatic carbocycles. The topological polar surface area (TPSA) is 39.9 Å². The van der Waals surface area contributed by atoms with Crippen molar-refractivity contribution in [3.63, 3.8) is 0 Å². The lowest BCUT2D eigenvalue weighted by atomic mass is 10.1. The van der Waals surface area contributed by atoms with Gasteiger partial charge in [0.05, 0.1) is 30.1 Å². The fourth-order valence-corrected chi connectivity index (χ4v) is 2.44. The summed E-state index contributed by atoms with van der Waals surface area (Å²) in [6.45, 7) is 1.86. The fraction of sp³-hybridized carbons (Fsp3) is 0.200. The normalized spacial score (nSPS) is 11.1. The third-order valence-corrected chi connectivity index (χ3v) is 3.39. The third kappa shape index (κ3) is 2.12. The first-order chi connectivity index (χ1) is 10.0. The number of hydrogen-bond acceptors (Lipinski definition) is 3. The summed E-state index contributed by atoms with van der Waals surface area (Å²) in [5, 5.41) is 4.11. The van der Waals surface area contributed by atoms with Crippen LogP contribution in [0, 0.1) is 18.6 Å². The van der Waals surface area contributed by atoms with Crippen molar-refractivity contribution in [1.29, 1.82) is 0 Å². The summed E-state index contributed by atoms with van der Waals surface area (Å²) in [6, 6.07) is 3.93. The molecule has 4 nitrogen and oxygen atoms in total. The van der Waals surface area contributed by atoms with E-state index in [0.29, 0.717) is 5.52 Å². The predicted molar refractivity (Wildman–Crippen MR) is 75.2 cm³/mol. The number of nitrogens with zero attached hydrogens (tertiary/aromatic N) is 3. The number of hydrogen-bond donors (Lipinski definition) is 0. The second-order valence-electron chi connectivity index (χ2n) is 4.79. The molecule has 0 amide bonds. The van der Waals surface area contributed by atoms with Crippen LogP contribution in [0.3, 0.4) is 0 Å². The van der Waals surface area contributed by atoms with Crippen LogP contribution in [0.4, 0.5) is 8.78 Å². The Morgan fingerprint density at radius 1 is 1.14 bits per heavy atom. The van der Waals surface area contributed by atoms with E-state index in [2.05, 4.69) is 10.1 Å². The van der Waals surface area contributed by atoms with E-state index in [1.165, 1.54) is 7.11 Å². The SMILES string of the molecule is COc1cc(F)c(-c2cc(C)c3c(cnn3C)n2)c(F)c1. The lowest BCUT2D eigenvalue weighted by Crippen LogP contribution is -1.97. The van der Waals surface area contributed by atoms with Gasteiger partial charge in [-0.15, -0.1) is 0 Å². The zero-order chi connectivity index (χ0) is 15.1. The molecule has 108 valence electrons. The molecule has 0 saturated heterocycles. The maximum Gasteiger partial charge on any atom is 0.139 e. The molecule has 0 atom stereocenters. The van der Waals surface area contributed by atoms with Crippen molar-refractivity contribution in [3.05, 3.63) is 41.6 Å². The van der Waals surface area contributed by atoms with E-state index in [4.69, 9.17) is 4.74 Å². The maximum atomic E-state index is 14.1. The van der Waals surface area contributed by atoms with Crippen molar-refractivity contribution in [2.75, 3.05) is 7.11 Å². The number of fused-ring (bicyclic) bond motifs is 1. The van der Waals surface area contributed by atoms with Crippen molar-refractivity contribution < 1.29 is 13.5 Å². The average molecular weight is 289 g/mol. The molecular weight excluding hydrogens is 276 g/mol. The fourth-order valence-electron chi connectivity index (χ4n) is 2.44. The first-order valence-electron chi connectivity index (χ1n) is 6.34. The summed E-state index contributed by atoms with van der Waals surface area (Å²) in [5.74, 6) is -1.28. The zero-order valence-electron chi connectivity index (χ0n) is 11.8. The minimum atomic E-state index is -0.706. The molecule has 2 aromatic heterocycles. The highest BCUT2D eigenvalue weighted by molar-refractivity contribution is 5.81. The summed E-state index contributed by atoms with van der Waals surface area (Å²) in [6.07, 6.45) is 1.57. The van der Waals surface area contributed by atoms with Crippen LogP contribution in [0.1, 0.15) is 5.56 Å². The molecule has 0 radical (unpaired) electrons. The smallest absolute Gasteiger partial charge is 0.139 e. The van der Waals surface area contributed by atoms with E-state index in [9.17, 15) is 8.78 Å². The van der Waals surface area contributed by atoms with Gasteiger partial charge in [0, 0.05) is 19.2 Å². The highest BCUT2D eigenvalue weighted by Crippen LogP contribution is 2.30. The molecule has 0 bridgehead atoms. The maximum absolute atomic E-state index is 14.1. The van der Waals surface area contributed by atoms with Crippen LogP contribution in [0.15, 0.2) is 24.4 Å². The van der Waals surface area contributed by atoms with Crippen LogP contribution in [-0.4, -0.2) is 21.9 Å². The zero-order valence-corrected chi connectivity index (χ0v) is 11.8. The Kier molecular flexibility index (Phi) is 3.08. The van der Waals surface area contributed by atoms with Gasteiger partial charge in [0.1, 0.15) is 22.9 Å². The van der Waals surface area contributed by atoms with Crippen LogP contribution in [0.5, 0.6) is 5.75 Å². The Labute approximate surface area is 120 Å². The summed E-state index contributed by atoms with van der Waals surface area (Å²) < 4.78 is 34.8. The first kappa shape index (κ1) is 13.5. The monoisotopic (exact) mass is 289 g/mol. The van der Waals surface area contributed by atoms with Gasteiger partial charge in [-0.2, -0.15) is 5.10 Å². The molecule has 2 heterocycles. The lowest BCUT2D eigenvalue weighted by Gasteiger charge is -2.09. The molecule has 0 aliphatic heterocycles. The van der Waals surface area contributed by atoms with Gasteiger partial charge in [0.25, 0.3) is 0 Å². The Hall–Kier alpha value is -2.50. The van der Waals surface area contributed by atoms with Crippen LogP contribution in [0.25, 0.3) is 22.3 Å². The summed E-state index contributed by atoms with van der Waals surface area (Å²) in [4.78, 5) is 4.30. The lowest BCUT2D eigenvalue weighted by molar-refractivity contribution is 0.407. The van der Waals surface area contributed by atoms with Crippen molar-refractivity contribution in [1.82, 2.24) is 14.8 Å². The van der Waals surface area contributed by atoms with Crippen molar-refractivity contribution >= 4 is 11.0 Å². The molecule has 0 unspecified atom stereocenters.